The molecule has 1 N–H and O–H groups in total. The Labute approximate surface area is 170 Å². The highest BCUT2D eigenvalue weighted by molar-refractivity contribution is 7.89. The van der Waals surface area contributed by atoms with Crippen LogP contribution < -0.4 is 10.1 Å². The number of ether oxygens (including phenoxy) is 1. The summed E-state index contributed by atoms with van der Waals surface area (Å²) >= 11 is 1.30. The Morgan fingerprint density at radius 3 is 2.50 bits per heavy atom. The predicted molar refractivity (Wildman–Crippen MR) is 110 cm³/mol. The fourth-order valence-electron chi connectivity index (χ4n) is 2.64. The van der Waals surface area contributed by atoms with E-state index < -0.39 is 15.9 Å². The van der Waals surface area contributed by atoms with Crippen LogP contribution in [0.3, 0.4) is 0 Å². The van der Waals surface area contributed by atoms with Crippen LogP contribution in [0, 0.1) is 5.92 Å². The van der Waals surface area contributed by atoms with Gasteiger partial charge in [0.05, 0.1) is 17.6 Å². The van der Waals surface area contributed by atoms with E-state index in [2.05, 4.69) is 29.4 Å². The molecule has 154 valence electrons. The number of hydrogen-bond acceptors (Lipinski definition) is 7. The molecule has 0 atom stereocenters. The van der Waals surface area contributed by atoms with Crippen molar-refractivity contribution >= 4 is 32.4 Å². The molecule has 0 radical (unpaired) electrons. The second-order valence-electron chi connectivity index (χ2n) is 6.50. The van der Waals surface area contributed by atoms with E-state index in [0.29, 0.717) is 24.1 Å². The van der Waals surface area contributed by atoms with Crippen LogP contribution in [-0.2, 0) is 16.4 Å². The van der Waals surface area contributed by atoms with Crippen LogP contribution in [0.5, 0.6) is 5.75 Å². The van der Waals surface area contributed by atoms with Crippen molar-refractivity contribution < 1.29 is 17.9 Å². The molecule has 0 aliphatic heterocycles. The zero-order valence-corrected chi connectivity index (χ0v) is 18.4. The molecule has 1 heterocycles. The number of hydrogen-bond donors (Lipinski definition) is 1. The molecule has 1 amide bonds. The highest BCUT2D eigenvalue weighted by Crippen LogP contribution is 2.26. The van der Waals surface area contributed by atoms with Gasteiger partial charge in [0.1, 0.15) is 10.8 Å². The lowest BCUT2D eigenvalue weighted by Crippen LogP contribution is -2.30. The molecule has 0 saturated heterocycles. The number of carbonyl (C=O) groups excluding carboxylic acids is 1. The molecule has 2 rings (SSSR count). The summed E-state index contributed by atoms with van der Waals surface area (Å²) in [5, 5.41) is 11.9. The molecule has 8 nitrogen and oxygen atoms in total. The topological polar surface area (TPSA) is 101 Å². The average Bonchev–Trinajstić information content (AvgIpc) is 3.07. The van der Waals surface area contributed by atoms with Crippen molar-refractivity contribution in [2.75, 3.05) is 25.5 Å². The third-order valence-corrected chi connectivity index (χ3v) is 6.94. The van der Waals surface area contributed by atoms with Gasteiger partial charge in [-0.3, -0.25) is 10.1 Å². The summed E-state index contributed by atoms with van der Waals surface area (Å²) in [5.74, 6) is 0.210. The van der Waals surface area contributed by atoms with E-state index in [1.54, 1.807) is 13.8 Å². The van der Waals surface area contributed by atoms with E-state index in [4.69, 9.17) is 4.74 Å². The smallest absolute Gasteiger partial charge is 0.261 e. The number of anilines is 1. The van der Waals surface area contributed by atoms with Gasteiger partial charge < -0.3 is 4.74 Å². The summed E-state index contributed by atoms with van der Waals surface area (Å²) in [5.41, 5.74) is 0.122. The Morgan fingerprint density at radius 2 is 1.93 bits per heavy atom. The minimum absolute atomic E-state index is 0.0416. The van der Waals surface area contributed by atoms with Gasteiger partial charge in [-0.15, -0.1) is 10.2 Å². The lowest BCUT2D eigenvalue weighted by molar-refractivity contribution is 0.102. The Hall–Kier alpha value is -2.04. The first kappa shape index (κ1) is 22.3. The predicted octanol–water partition coefficient (Wildman–Crippen LogP) is 3.03. The summed E-state index contributed by atoms with van der Waals surface area (Å²) in [4.78, 5) is 12.8. The molecule has 0 bridgehead atoms. The van der Waals surface area contributed by atoms with Crippen molar-refractivity contribution in [1.82, 2.24) is 14.5 Å². The molecule has 10 heteroatoms. The number of amides is 1. The van der Waals surface area contributed by atoms with Crippen LogP contribution in [0.4, 0.5) is 5.13 Å². The zero-order chi connectivity index (χ0) is 20.9. The number of sulfonamides is 1. The molecule has 0 fully saturated rings. The lowest BCUT2D eigenvalue weighted by atomic mass is 10.1. The molecule has 0 unspecified atom stereocenters. The number of methoxy groups -OCH3 is 1. The van der Waals surface area contributed by atoms with Gasteiger partial charge in [-0.25, -0.2) is 8.42 Å². The van der Waals surface area contributed by atoms with Crippen LogP contribution >= 0.6 is 11.3 Å². The minimum atomic E-state index is -3.69. The zero-order valence-electron chi connectivity index (χ0n) is 16.7. The maximum Gasteiger partial charge on any atom is 0.261 e. The maximum atomic E-state index is 12.8. The summed E-state index contributed by atoms with van der Waals surface area (Å²) in [6.45, 7) is 8.37. The van der Waals surface area contributed by atoms with Gasteiger partial charge in [0, 0.05) is 19.5 Å². The highest BCUT2D eigenvalue weighted by atomic mass is 32.2. The van der Waals surface area contributed by atoms with Gasteiger partial charge in [0.15, 0.2) is 0 Å². The Bertz CT molecular complexity index is 921. The maximum absolute atomic E-state index is 12.8. The van der Waals surface area contributed by atoms with Gasteiger partial charge in [-0.1, -0.05) is 39.0 Å². The fraction of sp³-hybridized carbons (Fsp3) is 0.500. The molecule has 1 aromatic heterocycles. The van der Waals surface area contributed by atoms with E-state index in [0.717, 1.165) is 11.4 Å². The van der Waals surface area contributed by atoms with Crippen LogP contribution in [0.15, 0.2) is 23.1 Å². The molecular weight excluding hydrogens is 400 g/mol. The third-order valence-electron chi connectivity index (χ3n) is 4.03. The van der Waals surface area contributed by atoms with E-state index in [-0.39, 0.29) is 16.2 Å². The van der Waals surface area contributed by atoms with E-state index >= 15 is 0 Å². The van der Waals surface area contributed by atoms with Crippen LogP contribution in [0.1, 0.15) is 43.1 Å². The molecule has 28 heavy (non-hydrogen) atoms. The number of rotatable bonds is 9. The second kappa shape index (κ2) is 9.44. The number of benzene rings is 1. The number of nitrogens with one attached hydrogen (secondary N) is 1. The molecule has 0 saturated carbocycles. The van der Waals surface area contributed by atoms with Crippen molar-refractivity contribution in [2.45, 2.75) is 39.0 Å². The first-order chi connectivity index (χ1) is 13.2. The van der Waals surface area contributed by atoms with Gasteiger partial charge in [0.2, 0.25) is 15.2 Å². The van der Waals surface area contributed by atoms with E-state index in [9.17, 15) is 13.2 Å². The average molecular weight is 427 g/mol. The van der Waals surface area contributed by atoms with Gasteiger partial charge in [-0.2, -0.15) is 4.31 Å². The van der Waals surface area contributed by atoms with Crippen molar-refractivity contribution in [1.29, 1.82) is 0 Å². The normalized spacial score (nSPS) is 11.8. The highest BCUT2D eigenvalue weighted by Gasteiger charge is 2.25. The van der Waals surface area contributed by atoms with Gasteiger partial charge in [-0.05, 0) is 24.1 Å². The SMILES string of the molecule is CCN(CC)S(=O)(=O)c1ccc(OC)c(C(=O)Nc2nnc(CC(C)C)s2)c1. The summed E-state index contributed by atoms with van der Waals surface area (Å²) < 4.78 is 32.1. The van der Waals surface area contributed by atoms with Crippen molar-refractivity contribution in [3.8, 4) is 5.75 Å². The minimum Gasteiger partial charge on any atom is -0.496 e. The van der Waals surface area contributed by atoms with Crippen LogP contribution in [0.25, 0.3) is 0 Å². The standard InChI is InChI=1S/C18H26N4O4S2/c1-6-22(7-2)28(24,25)13-8-9-15(26-5)14(11-13)17(23)19-18-21-20-16(27-18)10-12(3)4/h8-9,11-12H,6-7,10H2,1-5H3,(H,19,21,23). The Balaban J connectivity index is 2.33. The number of nitrogens with zero attached hydrogens (tertiary/aromatic N) is 3. The first-order valence-corrected chi connectivity index (χ1v) is 11.3. The quantitative estimate of drug-likeness (QED) is 0.661. The summed E-state index contributed by atoms with van der Waals surface area (Å²) in [6.07, 6.45) is 0.772. The van der Waals surface area contributed by atoms with Crippen molar-refractivity contribution in [3.05, 3.63) is 28.8 Å². The Morgan fingerprint density at radius 1 is 1.25 bits per heavy atom. The second-order valence-corrected chi connectivity index (χ2v) is 9.50. The monoisotopic (exact) mass is 426 g/mol. The molecule has 0 aliphatic rings. The fourth-order valence-corrected chi connectivity index (χ4v) is 5.07. The Kier molecular flexibility index (Phi) is 7.50. The molecular formula is C18H26N4O4S2. The van der Waals surface area contributed by atoms with Crippen LogP contribution in [0.2, 0.25) is 0 Å². The molecule has 1 aromatic carbocycles. The first-order valence-electron chi connectivity index (χ1n) is 9.04. The van der Waals surface area contributed by atoms with E-state index in [1.165, 1.54) is 41.0 Å². The van der Waals surface area contributed by atoms with Crippen molar-refractivity contribution in [3.63, 3.8) is 0 Å². The molecule has 0 aliphatic carbocycles. The number of aromatic nitrogens is 2. The van der Waals surface area contributed by atoms with E-state index in [1.807, 2.05) is 0 Å². The third kappa shape index (κ3) is 5.06. The van der Waals surface area contributed by atoms with Crippen molar-refractivity contribution in [2.24, 2.45) is 5.92 Å². The molecule has 2 aromatic rings. The largest absolute Gasteiger partial charge is 0.496 e. The summed E-state index contributed by atoms with van der Waals surface area (Å²) in [7, 11) is -2.27. The van der Waals surface area contributed by atoms with Crippen LogP contribution in [-0.4, -0.2) is 49.0 Å². The lowest BCUT2D eigenvalue weighted by Gasteiger charge is -2.19. The van der Waals surface area contributed by atoms with Gasteiger partial charge >= 0.3 is 0 Å². The van der Waals surface area contributed by atoms with Gasteiger partial charge in [0.25, 0.3) is 5.91 Å². The number of carbonyl (C=O) groups is 1. The molecule has 0 spiro atoms. The summed E-state index contributed by atoms with van der Waals surface area (Å²) in [6, 6.07) is 4.25.